The highest BCUT2D eigenvalue weighted by molar-refractivity contribution is 5.66. The molecule has 104 valence electrons. The Morgan fingerprint density at radius 2 is 2.16 bits per heavy atom. The van der Waals surface area contributed by atoms with Gasteiger partial charge >= 0.3 is 5.97 Å². The van der Waals surface area contributed by atoms with Crippen molar-refractivity contribution < 1.29 is 14.6 Å². The molecule has 1 saturated heterocycles. The highest BCUT2D eigenvalue weighted by Gasteiger charge is 2.23. The second-order valence-corrected chi connectivity index (χ2v) is 5.06. The third kappa shape index (κ3) is 3.96. The van der Waals surface area contributed by atoms with Crippen LogP contribution in [0.4, 0.5) is 0 Å². The van der Waals surface area contributed by atoms with E-state index in [9.17, 15) is 4.79 Å². The molecule has 1 aliphatic rings. The Balaban J connectivity index is 1.81. The van der Waals surface area contributed by atoms with E-state index in [2.05, 4.69) is 17.0 Å². The van der Waals surface area contributed by atoms with Crippen LogP contribution in [0.5, 0.6) is 5.75 Å². The van der Waals surface area contributed by atoms with Gasteiger partial charge in [-0.25, -0.2) is 0 Å². The van der Waals surface area contributed by atoms with Gasteiger partial charge in [-0.3, -0.25) is 4.79 Å². The maximum Gasteiger partial charge on any atom is 0.303 e. The number of hydrogen-bond donors (Lipinski definition) is 1. The number of methoxy groups -OCH3 is 1. The van der Waals surface area contributed by atoms with Crippen molar-refractivity contribution in [3.63, 3.8) is 0 Å². The molecule has 0 amide bonds. The van der Waals surface area contributed by atoms with Crippen molar-refractivity contribution in [1.82, 2.24) is 4.90 Å². The van der Waals surface area contributed by atoms with Crippen molar-refractivity contribution in [2.75, 3.05) is 26.7 Å². The van der Waals surface area contributed by atoms with Crippen LogP contribution in [0.2, 0.25) is 0 Å². The highest BCUT2D eigenvalue weighted by Crippen LogP contribution is 2.28. The van der Waals surface area contributed by atoms with E-state index >= 15 is 0 Å². The lowest BCUT2D eigenvalue weighted by molar-refractivity contribution is -0.137. The quantitative estimate of drug-likeness (QED) is 0.856. The number of carboxylic acid groups (broad SMARTS) is 1. The molecule has 1 atom stereocenters. The number of rotatable bonds is 6. The van der Waals surface area contributed by atoms with Crippen molar-refractivity contribution in [2.24, 2.45) is 0 Å². The maximum atomic E-state index is 10.5. The summed E-state index contributed by atoms with van der Waals surface area (Å²) in [4.78, 5) is 12.8. The first-order valence-corrected chi connectivity index (χ1v) is 6.77. The maximum absolute atomic E-state index is 10.5. The Morgan fingerprint density at radius 3 is 2.79 bits per heavy atom. The van der Waals surface area contributed by atoms with Crippen LogP contribution in [0.25, 0.3) is 0 Å². The third-order valence-corrected chi connectivity index (χ3v) is 3.72. The molecule has 1 unspecified atom stereocenters. The summed E-state index contributed by atoms with van der Waals surface area (Å²) in [6.07, 6.45) is 2.16. The zero-order valence-corrected chi connectivity index (χ0v) is 11.3. The lowest BCUT2D eigenvalue weighted by Gasteiger charge is -2.15. The zero-order chi connectivity index (χ0) is 13.7. The van der Waals surface area contributed by atoms with E-state index < -0.39 is 5.97 Å². The van der Waals surface area contributed by atoms with E-state index in [1.807, 2.05) is 12.1 Å². The van der Waals surface area contributed by atoms with E-state index in [1.165, 1.54) is 5.56 Å². The fourth-order valence-electron chi connectivity index (χ4n) is 2.64. The number of carboxylic acids is 1. The van der Waals surface area contributed by atoms with Crippen molar-refractivity contribution >= 4 is 5.97 Å². The fourth-order valence-corrected chi connectivity index (χ4v) is 2.64. The number of ether oxygens (including phenoxy) is 1. The monoisotopic (exact) mass is 263 g/mol. The number of carbonyl (C=O) groups is 1. The van der Waals surface area contributed by atoms with Crippen molar-refractivity contribution in [1.29, 1.82) is 0 Å². The van der Waals surface area contributed by atoms with E-state index in [-0.39, 0.29) is 6.42 Å². The van der Waals surface area contributed by atoms with Gasteiger partial charge in [0.2, 0.25) is 0 Å². The first-order valence-electron chi connectivity index (χ1n) is 6.77. The number of benzene rings is 1. The standard InChI is InChI=1S/C15H21NO3/c1-19-14-6-4-12(5-7-14)13-8-10-16(11-13)9-2-3-15(17)18/h4-7,13H,2-3,8-11H2,1H3,(H,17,18). The second kappa shape index (κ2) is 6.57. The van der Waals surface area contributed by atoms with Gasteiger partial charge in [0.25, 0.3) is 0 Å². The summed E-state index contributed by atoms with van der Waals surface area (Å²) in [5.74, 6) is 0.752. The first-order chi connectivity index (χ1) is 9.19. The summed E-state index contributed by atoms with van der Waals surface area (Å²) in [6.45, 7) is 2.99. The Hall–Kier alpha value is -1.55. The summed E-state index contributed by atoms with van der Waals surface area (Å²) < 4.78 is 5.16. The predicted molar refractivity (Wildman–Crippen MR) is 73.7 cm³/mol. The van der Waals surface area contributed by atoms with Gasteiger partial charge in [-0.1, -0.05) is 12.1 Å². The average Bonchev–Trinajstić information content (AvgIpc) is 2.87. The van der Waals surface area contributed by atoms with Crippen LogP contribution in [0.3, 0.4) is 0 Å². The van der Waals surface area contributed by atoms with Gasteiger partial charge in [0.15, 0.2) is 0 Å². The van der Waals surface area contributed by atoms with Gasteiger partial charge in [-0.15, -0.1) is 0 Å². The van der Waals surface area contributed by atoms with Crippen LogP contribution in [0, 0.1) is 0 Å². The summed E-state index contributed by atoms with van der Waals surface area (Å²) in [6, 6.07) is 8.26. The van der Waals surface area contributed by atoms with Crippen LogP contribution >= 0.6 is 0 Å². The average molecular weight is 263 g/mol. The minimum atomic E-state index is -0.703. The molecule has 1 N–H and O–H groups in total. The van der Waals surface area contributed by atoms with Crippen LogP contribution in [-0.4, -0.2) is 42.7 Å². The van der Waals surface area contributed by atoms with E-state index in [0.29, 0.717) is 5.92 Å². The van der Waals surface area contributed by atoms with Gasteiger partial charge < -0.3 is 14.7 Å². The minimum absolute atomic E-state index is 0.268. The number of nitrogens with zero attached hydrogens (tertiary/aromatic N) is 1. The molecule has 1 aromatic carbocycles. The summed E-state index contributed by atoms with van der Waals surface area (Å²) >= 11 is 0. The largest absolute Gasteiger partial charge is 0.497 e. The Morgan fingerprint density at radius 1 is 1.42 bits per heavy atom. The van der Waals surface area contributed by atoms with Gasteiger partial charge in [-0.05, 0) is 49.5 Å². The summed E-state index contributed by atoms with van der Waals surface area (Å²) in [5, 5.41) is 8.64. The SMILES string of the molecule is COc1ccc(C2CCN(CCCC(=O)O)C2)cc1. The molecular weight excluding hydrogens is 242 g/mol. The van der Waals surface area contributed by atoms with Gasteiger partial charge in [0.05, 0.1) is 7.11 Å². The molecule has 19 heavy (non-hydrogen) atoms. The van der Waals surface area contributed by atoms with Gasteiger partial charge in [-0.2, -0.15) is 0 Å². The normalized spacial score (nSPS) is 19.5. The molecule has 0 radical (unpaired) electrons. The Bertz CT molecular complexity index is 416. The molecule has 0 aromatic heterocycles. The second-order valence-electron chi connectivity index (χ2n) is 5.06. The summed E-state index contributed by atoms with van der Waals surface area (Å²) in [7, 11) is 1.68. The molecule has 1 heterocycles. The van der Waals surface area contributed by atoms with Crippen LogP contribution in [0.15, 0.2) is 24.3 Å². The van der Waals surface area contributed by atoms with Crippen LogP contribution in [-0.2, 0) is 4.79 Å². The molecule has 0 bridgehead atoms. The van der Waals surface area contributed by atoms with Crippen molar-refractivity contribution in [2.45, 2.75) is 25.2 Å². The summed E-state index contributed by atoms with van der Waals surface area (Å²) in [5.41, 5.74) is 1.35. The minimum Gasteiger partial charge on any atom is -0.497 e. The molecule has 0 spiro atoms. The predicted octanol–water partition coefficient (Wildman–Crippen LogP) is 2.35. The van der Waals surface area contributed by atoms with E-state index in [0.717, 1.165) is 38.2 Å². The fraction of sp³-hybridized carbons (Fsp3) is 0.533. The first kappa shape index (κ1) is 13.9. The highest BCUT2D eigenvalue weighted by atomic mass is 16.5. The molecule has 4 heteroatoms. The topological polar surface area (TPSA) is 49.8 Å². The molecular formula is C15H21NO3. The number of likely N-dealkylation sites (tertiary alicyclic amines) is 1. The van der Waals surface area contributed by atoms with Crippen molar-refractivity contribution in [3.05, 3.63) is 29.8 Å². The molecule has 0 aliphatic carbocycles. The van der Waals surface area contributed by atoms with E-state index in [4.69, 9.17) is 9.84 Å². The van der Waals surface area contributed by atoms with Crippen LogP contribution < -0.4 is 4.74 Å². The zero-order valence-electron chi connectivity index (χ0n) is 11.3. The lowest BCUT2D eigenvalue weighted by Crippen LogP contribution is -2.22. The molecule has 1 fully saturated rings. The molecule has 0 saturated carbocycles. The number of aliphatic carboxylic acids is 1. The number of hydrogen-bond acceptors (Lipinski definition) is 3. The molecule has 2 rings (SSSR count). The smallest absolute Gasteiger partial charge is 0.303 e. The lowest BCUT2D eigenvalue weighted by atomic mass is 9.98. The Kier molecular flexibility index (Phi) is 4.80. The van der Waals surface area contributed by atoms with E-state index in [1.54, 1.807) is 7.11 Å². The van der Waals surface area contributed by atoms with Gasteiger partial charge in [0.1, 0.15) is 5.75 Å². The van der Waals surface area contributed by atoms with Crippen molar-refractivity contribution in [3.8, 4) is 5.75 Å². The van der Waals surface area contributed by atoms with Crippen LogP contribution in [0.1, 0.15) is 30.7 Å². The Labute approximate surface area is 114 Å². The molecule has 4 nitrogen and oxygen atoms in total. The molecule has 1 aliphatic heterocycles. The molecule has 1 aromatic rings. The third-order valence-electron chi connectivity index (χ3n) is 3.72. The van der Waals surface area contributed by atoms with Gasteiger partial charge in [0, 0.05) is 13.0 Å².